The lowest BCUT2D eigenvalue weighted by atomic mass is 10.0. The molecule has 1 heterocycles. The topological polar surface area (TPSA) is 58.6 Å². The minimum atomic E-state index is -0.431. The molecule has 5 nitrogen and oxygen atoms in total. The SMILES string of the molecule is C[C@H](NC(=O)COC(=O)CSC(=S)N1CCCC1)c1ccc2ccccc2c1. The van der Waals surface area contributed by atoms with Crippen molar-refractivity contribution in [3.05, 3.63) is 48.0 Å². The van der Waals surface area contributed by atoms with Gasteiger partial charge in [0.15, 0.2) is 6.61 Å². The van der Waals surface area contributed by atoms with Gasteiger partial charge in [-0.1, -0.05) is 60.4 Å². The molecule has 1 N–H and O–H groups in total. The summed E-state index contributed by atoms with van der Waals surface area (Å²) in [4.78, 5) is 26.1. The summed E-state index contributed by atoms with van der Waals surface area (Å²) in [7, 11) is 0. The van der Waals surface area contributed by atoms with Crippen LogP contribution in [0.2, 0.25) is 0 Å². The van der Waals surface area contributed by atoms with Gasteiger partial charge in [0.1, 0.15) is 4.32 Å². The first-order valence-electron chi connectivity index (χ1n) is 9.38. The van der Waals surface area contributed by atoms with Crippen LogP contribution in [0, 0.1) is 0 Å². The lowest BCUT2D eigenvalue weighted by Gasteiger charge is -2.17. The molecular formula is C21H24N2O3S2. The Balaban J connectivity index is 1.41. The van der Waals surface area contributed by atoms with Crippen LogP contribution in [0.1, 0.15) is 31.4 Å². The van der Waals surface area contributed by atoms with Crippen molar-refractivity contribution in [1.29, 1.82) is 0 Å². The Kier molecular flexibility index (Phi) is 7.28. The number of amides is 1. The molecule has 1 fully saturated rings. The Morgan fingerprint density at radius 2 is 1.89 bits per heavy atom. The van der Waals surface area contributed by atoms with E-state index in [4.69, 9.17) is 17.0 Å². The molecule has 148 valence electrons. The minimum Gasteiger partial charge on any atom is -0.455 e. The van der Waals surface area contributed by atoms with E-state index in [1.165, 1.54) is 11.8 Å². The molecule has 0 aromatic heterocycles. The van der Waals surface area contributed by atoms with Gasteiger partial charge in [0, 0.05) is 13.1 Å². The normalized spacial score (nSPS) is 14.7. The molecule has 0 aliphatic carbocycles. The van der Waals surface area contributed by atoms with Crippen LogP contribution < -0.4 is 5.32 Å². The van der Waals surface area contributed by atoms with Crippen molar-refractivity contribution in [3.8, 4) is 0 Å². The molecule has 1 aliphatic heterocycles. The smallest absolute Gasteiger partial charge is 0.316 e. The first-order chi connectivity index (χ1) is 13.5. The fraction of sp³-hybridized carbons (Fsp3) is 0.381. The molecule has 1 saturated heterocycles. The van der Waals surface area contributed by atoms with Crippen molar-refractivity contribution in [1.82, 2.24) is 10.2 Å². The van der Waals surface area contributed by atoms with Gasteiger partial charge in [-0.05, 0) is 42.2 Å². The number of likely N-dealkylation sites (tertiary alicyclic amines) is 1. The van der Waals surface area contributed by atoms with Crippen LogP contribution >= 0.6 is 24.0 Å². The molecule has 1 aliphatic rings. The molecule has 0 radical (unpaired) electrons. The number of hydrogen-bond donors (Lipinski definition) is 1. The molecule has 2 aromatic rings. The molecule has 0 bridgehead atoms. The molecule has 0 saturated carbocycles. The van der Waals surface area contributed by atoms with Crippen LogP contribution in [0.3, 0.4) is 0 Å². The number of nitrogens with zero attached hydrogens (tertiary/aromatic N) is 1. The maximum Gasteiger partial charge on any atom is 0.316 e. The quantitative estimate of drug-likeness (QED) is 0.573. The second kappa shape index (κ2) is 9.89. The predicted octanol–water partition coefficient (Wildman–Crippen LogP) is 3.67. The van der Waals surface area contributed by atoms with Crippen molar-refractivity contribution in [2.24, 2.45) is 0 Å². The van der Waals surface area contributed by atoms with Crippen molar-refractivity contribution in [2.75, 3.05) is 25.4 Å². The summed E-state index contributed by atoms with van der Waals surface area (Å²) in [5.41, 5.74) is 1.00. The van der Waals surface area contributed by atoms with Crippen molar-refractivity contribution in [2.45, 2.75) is 25.8 Å². The molecule has 1 amide bonds. The van der Waals surface area contributed by atoms with Gasteiger partial charge in [0.25, 0.3) is 5.91 Å². The number of esters is 1. The number of fused-ring (bicyclic) bond motifs is 1. The fourth-order valence-corrected chi connectivity index (χ4v) is 4.19. The van der Waals surface area contributed by atoms with Crippen molar-refractivity contribution in [3.63, 3.8) is 0 Å². The number of carbonyl (C=O) groups is 2. The third-order valence-corrected chi connectivity index (χ3v) is 6.19. The number of thiocarbonyl (C=S) groups is 1. The minimum absolute atomic E-state index is 0.128. The summed E-state index contributed by atoms with van der Waals surface area (Å²) in [6.45, 7) is 3.54. The van der Waals surface area contributed by atoms with E-state index in [2.05, 4.69) is 22.3 Å². The van der Waals surface area contributed by atoms with Gasteiger partial charge < -0.3 is 15.0 Å². The van der Waals surface area contributed by atoms with Crippen LogP contribution in [-0.4, -0.2) is 46.5 Å². The van der Waals surface area contributed by atoms with Gasteiger partial charge in [-0.25, -0.2) is 0 Å². The number of hydrogen-bond acceptors (Lipinski definition) is 5. The van der Waals surface area contributed by atoms with E-state index in [1.54, 1.807) is 0 Å². The third kappa shape index (κ3) is 5.69. The molecule has 0 unspecified atom stereocenters. The summed E-state index contributed by atoms with van der Waals surface area (Å²) in [5, 5.41) is 5.15. The first kappa shape index (κ1) is 20.6. The Morgan fingerprint density at radius 3 is 2.64 bits per heavy atom. The van der Waals surface area contributed by atoms with Gasteiger partial charge in [-0.2, -0.15) is 0 Å². The number of rotatable bonds is 6. The standard InChI is InChI=1S/C21H24N2O3S2/c1-15(17-9-8-16-6-2-3-7-18(16)12-17)22-19(24)13-26-20(25)14-28-21(27)23-10-4-5-11-23/h2-3,6-9,12,15H,4-5,10-11,13-14H2,1H3,(H,22,24)/t15-/m0/s1. The summed E-state index contributed by atoms with van der Waals surface area (Å²) in [5.74, 6) is -0.621. The van der Waals surface area contributed by atoms with E-state index >= 15 is 0 Å². The molecule has 0 spiro atoms. The summed E-state index contributed by atoms with van der Waals surface area (Å²) < 4.78 is 5.80. The summed E-state index contributed by atoms with van der Waals surface area (Å²) >= 11 is 6.61. The predicted molar refractivity (Wildman–Crippen MR) is 117 cm³/mol. The summed E-state index contributed by atoms with van der Waals surface area (Å²) in [6.07, 6.45) is 2.28. The Labute approximate surface area is 174 Å². The van der Waals surface area contributed by atoms with Crippen LogP contribution in [0.5, 0.6) is 0 Å². The second-order valence-corrected chi connectivity index (χ2v) is 8.41. The zero-order valence-electron chi connectivity index (χ0n) is 15.8. The highest BCUT2D eigenvalue weighted by molar-refractivity contribution is 8.23. The zero-order chi connectivity index (χ0) is 19.9. The van der Waals surface area contributed by atoms with E-state index in [0.717, 1.165) is 46.6 Å². The van der Waals surface area contributed by atoms with Gasteiger partial charge in [0.2, 0.25) is 0 Å². The van der Waals surface area contributed by atoms with Gasteiger partial charge in [0.05, 0.1) is 11.8 Å². The molecule has 7 heteroatoms. The van der Waals surface area contributed by atoms with E-state index in [-0.39, 0.29) is 24.3 Å². The maximum atomic E-state index is 12.1. The van der Waals surface area contributed by atoms with E-state index < -0.39 is 5.97 Å². The number of ether oxygens (including phenoxy) is 1. The summed E-state index contributed by atoms with van der Waals surface area (Å²) in [6, 6.07) is 14.0. The highest BCUT2D eigenvalue weighted by Crippen LogP contribution is 2.20. The lowest BCUT2D eigenvalue weighted by molar-refractivity contribution is -0.146. The highest BCUT2D eigenvalue weighted by atomic mass is 32.2. The third-order valence-electron chi connectivity index (χ3n) is 4.69. The van der Waals surface area contributed by atoms with Crippen LogP contribution in [0.15, 0.2) is 42.5 Å². The monoisotopic (exact) mass is 416 g/mol. The second-order valence-electron chi connectivity index (χ2n) is 6.81. The number of nitrogens with one attached hydrogen (secondary N) is 1. The highest BCUT2D eigenvalue weighted by Gasteiger charge is 2.17. The van der Waals surface area contributed by atoms with Gasteiger partial charge >= 0.3 is 5.97 Å². The molecule has 28 heavy (non-hydrogen) atoms. The van der Waals surface area contributed by atoms with Gasteiger partial charge in [-0.3, -0.25) is 9.59 Å². The maximum absolute atomic E-state index is 12.1. The average molecular weight is 417 g/mol. The number of benzene rings is 2. The van der Waals surface area contributed by atoms with E-state index in [0.29, 0.717) is 0 Å². The zero-order valence-corrected chi connectivity index (χ0v) is 17.5. The van der Waals surface area contributed by atoms with E-state index in [9.17, 15) is 9.59 Å². The van der Waals surface area contributed by atoms with Crippen molar-refractivity contribution < 1.29 is 14.3 Å². The molecule has 3 rings (SSSR count). The first-order valence-corrected chi connectivity index (χ1v) is 10.8. The Bertz CT molecular complexity index is 866. The molecule has 1 atom stereocenters. The lowest BCUT2D eigenvalue weighted by Crippen LogP contribution is -2.31. The number of thioether (sulfide) groups is 1. The molecule has 2 aromatic carbocycles. The fourth-order valence-electron chi connectivity index (χ4n) is 3.14. The van der Waals surface area contributed by atoms with E-state index in [1.807, 2.05) is 37.3 Å². The average Bonchev–Trinajstić information content (AvgIpc) is 3.25. The largest absolute Gasteiger partial charge is 0.455 e. The van der Waals surface area contributed by atoms with Crippen molar-refractivity contribution >= 4 is 50.9 Å². The van der Waals surface area contributed by atoms with Crippen LogP contribution in [0.4, 0.5) is 0 Å². The van der Waals surface area contributed by atoms with Crippen LogP contribution in [-0.2, 0) is 14.3 Å². The Morgan fingerprint density at radius 1 is 1.18 bits per heavy atom. The molecular weight excluding hydrogens is 392 g/mol. The number of carbonyl (C=O) groups excluding carboxylic acids is 2. The Hall–Kier alpha value is -2.12. The van der Waals surface area contributed by atoms with Gasteiger partial charge in [-0.15, -0.1) is 0 Å². The van der Waals surface area contributed by atoms with Crippen LogP contribution in [0.25, 0.3) is 10.8 Å².